The molecular formula is C9H16N4O2. The molecule has 6 heteroatoms. The first-order valence-corrected chi connectivity index (χ1v) is 4.80. The summed E-state index contributed by atoms with van der Waals surface area (Å²) in [5.41, 5.74) is 2.03. The van der Waals surface area contributed by atoms with Crippen molar-refractivity contribution < 1.29 is 9.53 Å². The molecule has 1 rings (SSSR count). The van der Waals surface area contributed by atoms with E-state index in [2.05, 4.69) is 5.10 Å². The van der Waals surface area contributed by atoms with Crippen LogP contribution >= 0.6 is 0 Å². The van der Waals surface area contributed by atoms with Gasteiger partial charge in [-0.25, -0.2) is 5.84 Å². The van der Waals surface area contributed by atoms with E-state index in [0.717, 1.165) is 0 Å². The van der Waals surface area contributed by atoms with Crippen molar-refractivity contribution in [2.45, 2.75) is 26.3 Å². The number of aromatic nitrogens is 2. The molecular weight excluding hydrogens is 196 g/mol. The highest BCUT2D eigenvalue weighted by Crippen LogP contribution is 2.12. The summed E-state index contributed by atoms with van der Waals surface area (Å²) in [4.78, 5) is 10.8. The van der Waals surface area contributed by atoms with Gasteiger partial charge in [-0.3, -0.25) is 14.9 Å². The Hall–Kier alpha value is -1.56. The van der Waals surface area contributed by atoms with Crippen molar-refractivity contribution in [3.05, 3.63) is 12.4 Å². The van der Waals surface area contributed by atoms with Crippen LogP contribution in [-0.4, -0.2) is 22.3 Å². The first kappa shape index (κ1) is 11.5. The number of ether oxygens (including phenoxy) is 1. The lowest BCUT2D eigenvalue weighted by molar-refractivity contribution is -0.121. The monoisotopic (exact) mass is 212 g/mol. The number of carbonyl (C=O) groups excluding carboxylic acids is 1. The lowest BCUT2D eigenvalue weighted by Crippen LogP contribution is -2.31. The van der Waals surface area contributed by atoms with Crippen molar-refractivity contribution in [1.82, 2.24) is 15.2 Å². The van der Waals surface area contributed by atoms with Crippen LogP contribution in [0.25, 0.3) is 0 Å². The van der Waals surface area contributed by atoms with Crippen molar-refractivity contribution >= 4 is 5.91 Å². The van der Waals surface area contributed by atoms with Crippen LogP contribution in [0.5, 0.6) is 5.75 Å². The van der Waals surface area contributed by atoms with Crippen molar-refractivity contribution in [2.24, 2.45) is 5.84 Å². The maximum absolute atomic E-state index is 10.8. The summed E-state index contributed by atoms with van der Waals surface area (Å²) in [5, 5.41) is 4.10. The van der Waals surface area contributed by atoms with Crippen LogP contribution in [-0.2, 0) is 4.79 Å². The van der Waals surface area contributed by atoms with Gasteiger partial charge in [-0.2, -0.15) is 5.10 Å². The van der Waals surface area contributed by atoms with Crippen molar-refractivity contribution in [1.29, 1.82) is 0 Å². The number of hydrazine groups is 1. The third-order valence-electron chi connectivity index (χ3n) is 1.87. The second-order valence-electron chi connectivity index (χ2n) is 3.42. The number of amides is 1. The lowest BCUT2D eigenvalue weighted by atomic mass is 10.4. The molecule has 0 saturated carbocycles. The zero-order valence-electron chi connectivity index (χ0n) is 8.93. The third-order valence-corrected chi connectivity index (χ3v) is 1.87. The molecule has 0 aliphatic carbocycles. The summed E-state index contributed by atoms with van der Waals surface area (Å²) >= 11 is 0. The van der Waals surface area contributed by atoms with Gasteiger partial charge in [0.15, 0.2) is 5.75 Å². The number of nitrogens with two attached hydrogens (primary N) is 1. The Bertz CT molecular complexity index is 322. The van der Waals surface area contributed by atoms with Crippen LogP contribution in [0.4, 0.5) is 0 Å². The number of nitrogens with one attached hydrogen (secondary N) is 1. The lowest BCUT2D eigenvalue weighted by Gasteiger charge is -2.04. The maximum Gasteiger partial charge on any atom is 0.237 e. The Labute approximate surface area is 88.4 Å². The van der Waals surface area contributed by atoms with Crippen LogP contribution in [0.2, 0.25) is 0 Å². The summed E-state index contributed by atoms with van der Waals surface area (Å²) in [6.07, 6.45) is 3.66. The van der Waals surface area contributed by atoms with Crippen LogP contribution in [0, 0.1) is 0 Å². The van der Waals surface area contributed by atoms with E-state index in [0.29, 0.717) is 18.4 Å². The van der Waals surface area contributed by atoms with Gasteiger partial charge in [-0.15, -0.1) is 0 Å². The maximum atomic E-state index is 10.8. The predicted octanol–water partition coefficient (Wildman–Crippen LogP) is 0.223. The van der Waals surface area contributed by atoms with Crippen LogP contribution in [0.3, 0.4) is 0 Å². The molecule has 1 aromatic heterocycles. The molecule has 0 aromatic carbocycles. The molecule has 3 N–H and O–H groups in total. The Morgan fingerprint density at radius 1 is 1.73 bits per heavy atom. The average Bonchev–Trinajstić information content (AvgIpc) is 2.66. The van der Waals surface area contributed by atoms with E-state index in [1.165, 1.54) is 0 Å². The molecule has 0 aliphatic heterocycles. The fraction of sp³-hybridized carbons (Fsp3) is 0.556. The molecule has 0 radical (unpaired) electrons. The molecule has 0 bridgehead atoms. The Morgan fingerprint density at radius 2 is 2.47 bits per heavy atom. The number of rotatable bonds is 5. The van der Waals surface area contributed by atoms with E-state index < -0.39 is 0 Å². The molecule has 0 atom stereocenters. The zero-order valence-corrected chi connectivity index (χ0v) is 8.93. The molecule has 0 fully saturated rings. The second kappa shape index (κ2) is 5.35. The minimum atomic E-state index is -0.244. The fourth-order valence-electron chi connectivity index (χ4n) is 1.01. The number of carbonyl (C=O) groups is 1. The molecule has 1 aromatic rings. The van der Waals surface area contributed by atoms with Gasteiger partial charge >= 0.3 is 0 Å². The topological polar surface area (TPSA) is 82.2 Å². The minimum absolute atomic E-state index is 0.239. The van der Waals surface area contributed by atoms with Gasteiger partial charge in [-0.05, 0) is 13.8 Å². The molecule has 0 unspecified atom stereocenters. The standard InChI is InChI=1S/C9H16N4O2/c1-7(2)13-6-8(5-11-13)15-4-3-9(14)12-10/h5-7H,3-4,10H2,1-2H3,(H,12,14). The summed E-state index contributed by atoms with van der Waals surface area (Å²) in [6.45, 7) is 4.35. The first-order chi connectivity index (χ1) is 7.13. The summed E-state index contributed by atoms with van der Waals surface area (Å²) in [7, 11) is 0. The highest BCUT2D eigenvalue weighted by Gasteiger charge is 2.03. The van der Waals surface area contributed by atoms with E-state index in [1.807, 2.05) is 19.3 Å². The van der Waals surface area contributed by atoms with Crippen LogP contribution in [0.1, 0.15) is 26.3 Å². The Kier molecular flexibility index (Phi) is 4.11. The fourth-order valence-corrected chi connectivity index (χ4v) is 1.01. The quantitative estimate of drug-likeness (QED) is 0.415. The summed E-state index contributed by atoms with van der Waals surface area (Å²) < 4.78 is 7.10. The van der Waals surface area contributed by atoms with Gasteiger partial charge in [0.25, 0.3) is 0 Å². The molecule has 1 amide bonds. The number of hydrogen-bond donors (Lipinski definition) is 2. The second-order valence-corrected chi connectivity index (χ2v) is 3.42. The van der Waals surface area contributed by atoms with Gasteiger partial charge in [0.05, 0.1) is 25.4 Å². The van der Waals surface area contributed by atoms with E-state index in [9.17, 15) is 4.79 Å². The highest BCUT2D eigenvalue weighted by molar-refractivity contribution is 5.75. The van der Waals surface area contributed by atoms with Gasteiger partial charge in [0, 0.05) is 6.04 Å². The Morgan fingerprint density at radius 3 is 3.00 bits per heavy atom. The van der Waals surface area contributed by atoms with Gasteiger partial charge < -0.3 is 4.74 Å². The van der Waals surface area contributed by atoms with E-state index in [-0.39, 0.29) is 12.3 Å². The van der Waals surface area contributed by atoms with E-state index >= 15 is 0 Å². The molecule has 0 saturated heterocycles. The normalized spacial score (nSPS) is 10.4. The van der Waals surface area contributed by atoms with E-state index in [1.54, 1.807) is 17.1 Å². The van der Waals surface area contributed by atoms with Gasteiger partial charge in [0.1, 0.15) is 0 Å². The molecule has 1 heterocycles. The molecule has 15 heavy (non-hydrogen) atoms. The molecule has 0 aliphatic rings. The van der Waals surface area contributed by atoms with Gasteiger partial charge in [0.2, 0.25) is 5.91 Å². The smallest absolute Gasteiger partial charge is 0.237 e. The number of hydrogen-bond acceptors (Lipinski definition) is 4. The molecule has 0 spiro atoms. The van der Waals surface area contributed by atoms with Crippen molar-refractivity contribution in [3.8, 4) is 5.75 Å². The first-order valence-electron chi connectivity index (χ1n) is 4.80. The average molecular weight is 212 g/mol. The zero-order chi connectivity index (χ0) is 11.3. The SMILES string of the molecule is CC(C)n1cc(OCCC(=O)NN)cn1. The minimum Gasteiger partial charge on any atom is -0.490 e. The van der Waals surface area contributed by atoms with Crippen molar-refractivity contribution in [3.63, 3.8) is 0 Å². The largest absolute Gasteiger partial charge is 0.490 e. The number of nitrogens with zero attached hydrogens (tertiary/aromatic N) is 2. The predicted molar refractivity (Wildman–Crippen MR) is 55.1 cm³/mol. The highest BCUT2D eigenvalue weighted by atomic mass is 16.5. The van der Waals surface area contributed by atoms with Crippen LogP contribution in [0.15, 0.2) is 12.4 Å². The van der Waals surface area contributed by atoms with Crippen LogP contribution < -0.4 is 16.0 Å². The van der Waals surface area contributed by atoms with E-state index in [4.69, 9.17) is 10.6 Å². The molecule has 84 valence electrons. The summed E-state index contributed by atoms with van der Waals surface area (Å²) in [6, 6.07) is 0.301. The van der Waals surface area contributed by atoms with Crippen molar-refractivity contribution in [2.75, 3.05) is 6.61 Å². The Balaban J connectivity index is 2.34. The third kappa shape index (κ3) is 3.59. The van der Waals surface area contributed by atoms with Gasteiger partial charge in [-0.1, -0.05) is 0 Å². The summed E-state index contributed by atoms with van der Waals surface area (Å²) in [5.74, 6) is 5.34. The molecule has 6 nitrogen and oxygen atoms in total.